The molecule has 0 N–H and O–H groups in total. The molecule has 1 saturated carbocycles. The van der Waals surface area contributed by atoms with Crippen LogP contribution in [0, 0.1) is 17.1 Å². The van der Waals surface area contributed by atoms with Crippen molar-refractivity contribution in [1.29, 1.82) is 5.26 Å². The smallest absolute Gasteiger partial charge is 0.234 e. The van der Waals surface area contributed by atoms with Crippen molar-refractivity contribution in [2.24, 2.45) is 0 Å². The second-order valence-corrected chi connectivity index (χ2v) is 7.97. The van der Waals surface area contributed by atoms with Crippen LogP contribution in [0.5, 0.6) is 5.75 Å². The van der Waals surface area contributed by atoms with Crippen molar-refractivity contribution >= 4 is 11.6 Å². The molecule has 158 valence electrons. The number of oxazole rings is 1. The van der Waals surface area contributed by atoms with E-state index in [2.05, 4.69) is 23.2 Å². The fourth-order valence-corrected chi connectivity index (χ4v) is 4.32. The Balaban J connectivity index is 1.28. The number of ether oxygens (including phenoxy) is 1. The summed E-state index contributed by atoms with van der Waals surface area (Å²) in [5.41, 5.74) is 2.17. The van der Waals surface area contributed by atoms with Gasteiger partial charge in [0.2, 0.25) is 17.5 Å². The molecule has 1 aliphatic carbocycles. The van der Waals surface area contributed by atoms with Gasteiger partial charge in [-0.25, -0.2) is 9.37 Å². The Bertz CT molecular complexity index is 1110. The van der Waals surface area contributed by atoms with E-state index >= 15 is 0 Å². The quantitative estimate of drug-likeness (QED) is 0.616. The molecule has 1 aromatic heterocycles. The molecule has 2 aliphatic rings. The maximum absolute atomic E-state index is 14.1. The van der Waals surface area contributed by atoms with Crippen molar-refractivity contribution in [3.8, 4) is 11.8 Å². The molecule has 0 bridgehead atoms. The number of hydrogen-bond acceptors (Lipinski definition) is 6. The van der Waals surface area contributed by atoms with Crippen LogP contribution in [0.3, 0.4) is 0 Å². The number of methoxy groups -OCH3 is 1. The number of piperazine rings is 1. The van der Waals surface area contributed by atoms with Gasteiger partial charge in [0.05, 0.1) is 12.8 Å². The van der Waals surface area contributed by atoms with Gasteiger partial charge >= 0.3 is 0 Å². The molecule has 1 saturated heterocycles. The van der Waals surface area contributed by atoms with E-state index in [0.717, 1.165) is 12.2 Å². The largest absolute Gasteiger partial charge is 0.497 e. The van der Waals surface area contributed by atoms with Crippen molar-refractivity contribution in [2.45, 2.75) is 18.3 Å². The van der Waals surface area contributed by atoms with Gasteiger partial charge in [0, 0.05) is 32.1 Å². The topological polar surface area (TPSA) is 65.5 Å². The van der Waals surface area contributed by atoms with E-state index in [0.29, 0.717) is 55.3 Å². The van der Waals surface area contributed by atoms with Crippen molar-refractivity contribution in [3.63, 3.8) is 0 Å². The average Bonchev–Trinajstić information content (AvgIpc) is 3.50. The van der Waals surface area contributed by atoms with Crippen LogP contribution in [0.25, 0.3) is 0 Å². The molecular weight excluding hydrogens is 395 g/mol. The molecule has 0 spiro atoms. The third-order valence-corrected chi connectivity index (χ3v) is 6.14. The summed E-state index contributed by atoms with van der Waals surface area (Å²) in [6.45, 7) is 2.59. The number of halogens is 1. The molecule has 7 heteroatoms. The standard InChI is InChI=1S/C24H23FN4O2/c1-30-17-8-6-16(7-9-17)18-14-19(18)23-27-21(15-26)24(31-23)29-12-10-28(11-13-29)22-5-3-2-4-20(22)25/h2-9,18-19H,10-14H2,1H3. The number of benzene rings is 2. The summed E-state index contributed by atoms with van der Waals surface area (Å²) in [6, 6.07) is 17.1. The summed E-state index contributed by atoms with van der Waals surface area (Å²) in [6.07, 6.45) is 0.957. The first-order valence-corrected chi connectivity index (χ1v) is 10.5. The van der Waals surface area contributed by atoms with Crippen LogP contribution in [-0.2, 0) is 0 Å². The predicted molar refractivity (Wildman–Crippen MR) is 115 cm³/mol. The first kappa shape index (κ1) is 19.4. The number of aromatic nitrogens is 1. The molecule has 3 aromatic rings. The van der Waals surface area contributed by atoms with E-state index in [4.69, 9.17) is 9.15 Å². The third kappa shape index (κ3) is 3.70. The highest BCUT2D eigenvalue weighted by Gasteiger charge is 2.44. The molecule has 1 aliphatic heterocycles. The highest BCUT2D eigenvalue weighted by Crippen LogP contribution is 2.55. The third-order valence-electron chi connectivity index (χ3n) is 6.14. The number of rotatable bonds is 5. The Labute approximate surface area is 180 Å². The van der Waals surface area contributed by atoms with Gasteiger partial charge < -0.3 is 19.0 Å². The monoisotopic (exact) mass is 418 g/mol. The van der Waals surface area contributed by atoms with Crippen molar-refractivity contribution in [3.05, 3.63) is 71.5 Å². The zero-order valence-electron chi connectivity index (χ0n) is 17.3. The number of nitriles is 1. The second-order valence-electron chi connectivity index (χ2n) is 7.97. The highest BCUT2D eigenvalue weighted by atomic mass is 19.1. The SMILES string of the molecule is COc1ccc(C2CC2c2nc(C#N)c(N3CCN(c4ccccc4F)CC3)o2)cc1. The van der Waals surface area contributed by atoms with Crippen LogP contribution in [-0.4, -0.2) is 38.3 Å². The van der Waals surface area contributed by atoms with Gasteiger partial charge in [-0.15, -0.1) is 0 Å². The Morgan fingerprint density at radius 2 is 1.74 bits per heavy atom. The lowest BCUT2D eigenvalue weighted by molar-refractivity contribution is 0.414. The van der Waals surface area contributed by atoms with Crippen LogP contribution < -0.4 is 14.5 Å². The molecule has 2 unspecified atom stereocenters. The van der Waals surface area contributed by atoms with E-state index in [1.54, 1.807) is 19.2 Å². The van der Waals surface area contributed by atoms with Crippen LogP contribution in [0.15, 0.2) is 52.9 Å². The summed E-state index contributed by atoms with van der Waals surface area (Å²) < 4.78 is 25.4. The van der Waals surface area contributed by atoms with Gasteiger partial charge in [-0.05, 0) is 42.2 Å². The molecule has 2 fully saturated rings. The van der Waals surface area contributed by atoms with Crippen molar-refractivity contribution in [2.75, 3.05) is 43.1 Å². The molecule has 2 atom stereocenters. The van der Waals surface area contributed by atoms with E-state index in [9.17, 15) is 9.65 Å². The molecule has 0 amide bonds. The van der Waals surface area contributed by atoms with E-state index < -0.39 is 0 Å². The van der Waals surface area contributed by atoms with Gasteiger partial charge in [0.25, 0.3) is 0 Å². The van der Waals surface area contributed by atoms with Gasteiger partial charge in [0.1, 0.15) is 17.6 Å². The molecule has 2 heterocycles. The maximum Gasteiger partial charge on any atom is 0.234 e. The predicted octanol–water partition coefficient (Wildman–Crippen LogP) is 4.29. The Morgan fingerprint density at radius 1 is 1.03 bits per heavy atom. The molecule has 5 rings (SSSR count). The lowest BCUT2D eigenvalue weighted by atomic mass is 10.1. The normalized spacial score (nSPS) is 20.4. The highest BCUT2D eigenvalue weighted by molar-refractivity contribution is 5.53. The Morgan fingerprint density at radius 3 is 2.42 bits per heavy atom. The Hall–Kier alpha value is -3.53. The molecule has 2 aromatic carbocycles. The zero-order valence-corrected chi connectivity index (χ0v) is 17.3. The maximum atomic E-state index is 14.1. The molecule has 0 radical (unpaired) electrons. The summed E-state index contributed by atoms with van der Waals surface area (Å²) in [5.74, 6) is 2.32. The lowest BCUT2D eigenvalue weighted by Crippen LogP contribution is -2.47. The summed E-state index contributed by atoms with van der Waals surface area (Å²) in [5, 5.41) is 9.60. The van der Waals surface area contributed by atoms with Gasteiger partial charge in [-0.1, -0.05) is 24.3 Å². The first-order valence-electron chi connectivity index (χ1n) is 10.5. The fourth-order valence-electron chi connectivity index (χ4n) is 4.32. The van der Waals surface area contributed by atoms with Gasteiger partial charge in [-0.2, -0.15) is 5.26 Å². The van der Waals surface area contributed by atoms with E-state index in [-0.39, 0.29) is 11.7 Å². The van der Waals surface area contributed by atoms with E-state index in [1.807, 2.05) is 28.0 Å². The minimum atomic E-state index is -0.214. The van der Waals surface area contributed by atoms with Crippen LogP contribution in [0.4, 0.5) is 16.0 Å². The summed E-state index contributed by atoms with van der Waals surface area (Å²) in [4.78, 5) is 8.56. The molecule has 6 nitrogen and oxygen atoms in total. The summed E-state index contributed by atoms with van der Waals surface area (Å²) in [7, 11) is 1.66. The fraction of sp³-hybridized carbons (Fsp3) is 0.333. The number of nitrogens with zero attached hydrogens (tertiary/aromatic N) is 4. The van der Waals surface area contributed by atoms with Crippen LogP contribution in [0.2, 0.25) is 0 Å². The molecular formula is C24H23FN4O2. The minimum absolute atomic E-state index is 0.189. The molecule has 31 heavy (non-hydrogen) atoms. The first-order chi connectivity index (χ1) is 15.2. The second kappa shape index (κ2) is 7.95. The summed E-state index contributed by atoms with van der Waals surface area (Å²) >= 11 is 0. The number of hydrogen-bond donors (Lipinski definition) is 0. The number of anilines is 2. The van der Waals surface area contributed by atoms with Crippen molar-refractivity contribution in [1.82, 2.24) is 4.98 Å². The number of para-hydroxylation sites is 1. The van der Waals surface area contributed by atoms with Crippen molar-refractivity contribution < 1.29 is 13.5 Å². The average molecular weight is 418 g/mol. The van der Waals surface area contributed by atoms with Crippen LogP contribution in [0.1, 0.15) is 35.4 Å². The van der Waals surface area contributed by atoms with Gasteiger partial charge in [-0.3, -0.25) is 0 Å². The minimum Gasteiger partial charge on any atom is -0.497 e. The Kier molecular flexibility index (Phi) is 4.99. The van der Waals surface area contributed by atoms with Gasteiger partial charge in [0.15, 0.2) is 0 Å². The lowest BCUT2D eigenvalue weighted by Gasteiger charge is -2.36. The van der Waals surface area contributed by atoms with E-state index in [1.165, 1.54) is 11.6 Å². The van der Waals surface area contributed by atoms with Crippen LogP contribution >= 0.6 is 0 Å². The zero-order chi connectivity index (χ0) is 21.4.